The number of ether oxygens (including phenoxy) is 1. The van der Waals surface area contributed by atoms with Gasteiger partial charge in [-0.3, -0.25) is 0 Å². The van der Waals surface area contributed by atoms with Crippen molar-refractivity contribution in [3.63, 3.8) is 0 Å². The highest BCUT2D eigenvalue weighted by molar-refractivity contribution is 5.49. The zero-order valence-corrected chi connectivity index (χ0v) is 10.0. The van der Waals surface area contributed by atoms with E-state index in [0.29, 0.717) is 11.9 Å². The topological polar surface area (TPSA) is 48.1 Å². The number of hydrogen-bond acceptors (Lipinski definition) is 3. The van der Waals surface area contributed by atoms with E-state index in [1.54, 1.807) is 24.3 Å². The maximum absolute atomic E-state index is 12.6. The normalized spacial score (nSPS) is 11.4. The number of hydrogen-bond donors (Lipinski definition) is 1. The fraction of sp³-hybridized carbons (Fsp3) is 0.154. The third-order valence-electron chi connectivity index (χ3n) is 2.46. The Kier molecular flexibility index (Phi) is 3.33. The lowest BCUT2D eigenvalue weighted by molar-refractivity contribution is -0.137. The molecule has 19 heavy (non-hydrogen) atoms. The van der Waals surface area contributed by atoms with Gasteiger partial charge in [0.2, 0.25) is 0 Å². The molecule has 100 valence electrons. The molecule has 1 aromatic carbocycles. The number of alkyl halides is 3. The average Bonchev–Trinajstić information content (AvgIpc) is 2.33. The highest BCUT2D eigenvalue weighted by Crippen LogP contribution is 2.34. The molecule has 0 spiro atoms. The van der Waals surface area contributed by atoms with Crippen LogP contribution in [0.3, 0.4) is 0 Å². The van der Waals surface area contributed by atoms with E-state index >= 15 is 0 Å². The molecule has 0 radical (unpaired) electrons. The van der Waals surface area contributed by atoms with Crippen molar-refractivity contribution in [3.8, 4) is 11.5 Å². The standard InChI is InChI=1S/C13H11F3N2O/c1-8-2-4-10(5-3-8)19-11-6-9(13(14,15)16)7-18-12(11)17/h2-7H,1H3,(H2,17,18). The predicted octanol–water partition coefficient (Wildman–Crippen LogP) is 3.78. The molecule has 0 aliphatic rings. The minimum absolute atomic E-state index is 0.0893. The number of aromatic nitrogens is 1. The van der Waals surface area contributed by atoms with Crippen molar-refractivity contribution in [2.75, 3.05) is 5.73 Å². The Balaban J connectivity index is 2.31. The number of rotatable bonds is 2. The van der Waals surface area contributed by atoms with Gasteiger partial charge in [-0.05, 0) is 25.1 Å². The van der Waals surface area contributed by atoms with Gasteiger partial charge in [-0.2, -0.15) is 13.2 Å². The number of halogens is 3. The molecule has 0 aliphatic carbocycles. The molecule has 0 fully saturated rings. The molecular formula is C13H11F3N2O. The average molecular weight is 268 g/mol. The number of benzene rings is 1. The lowest BCUT2D eigenvalue weighted by Crippen LogP contribution is -2.07. The van der Waals surface area contributed by atoms with Gasteiger partial charge in [0.15, 0.2) is 11.6 Å². The molecule has 2 N–H and O–H groups in total. The molecular weight excluding hydrogens is 257 g/mol. The molecule has 0 saturated heterocycles. The molecule has 6 heteroatoms. The number of anilines is 1. The molecule has 1 heterocycles. The Morgan fingerprint density at radius 3 is 2.37 bits per heavy atom. The zero-order chi connectivity index (χ0) is 14.0. The number of nitrogens with two attached hydrogens (primary N) is 1. The summed E-state index contributed by atoms with van der Waals surface area (Å²) in [6.07, 6.45) is -3.80. The summed E-state index contributed by atoms with van der Waals surface area (Å²) in [5.74, 6) is 0.200. The van der Waals surface area contributed by atoms with E-state index in [1.165, 1.54) is 0 Å². The van der Waals surface area contributed by atoms with Gasteiger partial charge < -0.3 is 10.5 Å². The summed E-state index contributed by atoms with van der Waals surface area (Å²) in [6, 6.07) is 7.70. The fourth-order valence-corrected chi connectivity index (χ4v) is 1.43. The van der Waals surface area contributed by atoms with Gasteiger partial charge in [0.05, 0.1) is 5.56 Å². The van der Waals surface area contributed by atoms with Gasteiger partial charge >= 0.3 is 6.18 Å². The van der Waals surface area contributed by atoms with Gasteiger partial charge in [-0.25, -0.2) is 4.98 Å². The molecule has 2 aromatic rings. The summed E-state index contributed by atoms with van der Waals surface area (Å²) in [5.41, 5.74) is 5.62. The minimum atomic E-state index is -4.48. The maximum atomic E-state index is 12.6. The van der Waals surface area contributed by atoms with Crippen molar-refractivity contribution < 1.29 is 17.9 Å². The minimum Gasteiger partial charge on any atom is -0.453 e. The molecule has 0 saturated carbocycles. The van der Waals surface area contributed by atoms with E-state index in [2.05, 4.69) is 4.98 Å². The van der Waals surface area contributed by atoms with Crippen LogP contribution in [0.1, 0.15) is 11.1 Å². The van der Waals surface area contributed by atoms with Gasteiger partial charge in [0.25, 0.3) is 0 Å². The van der Waals surface area contributed by atoms with Crippen molar-refractivity contribution in [2.24, 2.45) is 0 Å². The summed E-state index contributed by atoms with van der Waals surface area (Å²) < 4.78 is 43.0. The Bertz CT molecular complexity index is 579. The van der Waals surface area contributed by atoms with Crippen LogP contribution in [-0.2, 0) is 6.18 Å². The largest absolute Gasteiger partial charge is 0.453 e. The van der Waals surface area contributed by atoms with Crippen LogP contribution in [0.2, 0.25) is 0 Å². The highest BCUT2D eigenvalue weighted by Gasteiger charge is 2.31. The molecule has 0 unspecified atom stereocenters. The van der Waals surface area contributed by atoms with Crippen molar-refractivity contribution in [1.29, 1.82) is 0 Å². The van der Waals surface area contributed by atoms with E-state index in [-0.39, 0.29) is 11.6 Å². The summed E-state index contributed by atoms with van der Waals surface area (Å²) >= 11 is 0. The third kappa shape index (κ3) is 3.15. The Morgan fingerprint density at radius 2 is 1.79 bits per heavy atom. The number of nitrogens with zero attached hydrogens (tertiary/aromatic N) is 1. The second-order valence-electron chi connectivity index (χ2n) is 4.02. The smallest absolute Gasteiger partial charge is 0.418 e. The zero-order valence-electron chi connectivity index (χ0n) is 10.0. The lowest BCUT2D eigenvalue weighted by atomic mass is 10.2. The van der Waals surface area contributed by atoms with Crippen LogP contribution in [0.4, 0.5) is 19.0 Å². The van der Waals surface area contributed by atoms with E-state index < -0.39 is 11.7 Å². The summed E-state index contributed by atoms with van der Waals surface area (Å²) in [7, 11) is 0. The first-order chi connectivity index (χ1) is 8.86. The van der Waals surface area contributed by atoms with Gasteiger partial charge in [0, 0.05) is 6.20 Å². The van der Waals surface area contributed by atoms with Gasteiger partial charge in [-0.15, -0.1) is 0 Å². The van der Waals surface area contributed by atoms with E-state index in [0.717, 1.165) is 11.6 Å². The van der Waals surface area contributed by atoms with Crippen LogP contribution in [-0.4, -0.2) is 4.98 Å². The Labute approximate surface area is 107 Å². The summed E-state index contributed by atoms with van der Waals surface area (Å²) in [6.45, 7) is 1.89. The quantitative estimate of drug-likeness (QED) is 0.901. The number of pyridine rings is 1. The molecule has 0 bridgehead atoms. The molecule has 0 amide bonds. The van der Waals surface area contributed by atoms with Crippen LogP contribution >= 0.6 is 0 Å². The summed E-state index contributed by atoms with van der Waals surface area (Å²) in [4.78, 5) is 3.49. The Hall–Kier alpha value is -2.24. The van der Waals surface area contributed by atoms with Gasteiger partial charge in [-0.1, -0.05) is 17.7 Å². The highest BCUT2D eigenvalue weighted by atomic mass is 19.4. The lowest BCUT2D eigenvalue weighted by Gasteiger charge is -2.11. The Morgan fingerprint density at radius 1 is 1.16 bits per heavy atom. The molecule has 0 atom stereocenters. The fourth-order valence-electron chi connectivity index (χ4n) is 1.43. The van der Waals surface area contributed by atoms with E-state index in [1.807, 2.05) is 6.92 Å². The first kappa shape index (κ1) is 13.2. The monoisotopic (exact) mass is 268 g/mol. The predicted molar refractivity (Wildman–Crippen MR) is 64.9 cm³/mol. The number of nitrogen functional groups attached to an aromatic ring is 1. The van der Waals surface area contributed by atoms with Crippen LogP contribution in [0.5, 0.6) is 11.5 Å². The molecule has 2 rings (SSSR count). The second kappa shape index (κ2) is 4.79. The first-order valence-electron chi connectivity index (χ1n) is 5.43. The van der Waals surface area contributed by atoms with Crippen LogP contribution < -0.4 is 10.5 Å². The van der Waals surface area contributed by atoms with Crippen LogP contribution in [0, 0.1) is 6.92 Å². The van der Waals surface area contributed by atoms with Crippen molar-refractivity contribution >= 4 is 5.82 Å². The SMILES string of the molecule is Cc1ccc(Oc2cc(C(F)(F)F)cnc2N)cc1. The first-order valence-corrected chi connectivity index (χ1v) is 5.43. The third-order valence-corrected chi connectivity index (χ3v) is 2.46. The van der Waals surface area contributed by atoms with Gasteiger partial charge in [0.1, 0.15) is 5.75 Å². The van der Waals surface area contributed by atoms with E-state index in [9.17, 15) is 13.2 Å². The summed E-state index contributed by atoms with van der Waals surface area (Å²) in [5, 5.41) is 0. The second-order valence-corrected chi connectivity index (χ2v) is 4.02. The maximum Gasteiger partial charge on any atom is 0.418 e. The molecule has 0 aliphatic heterocycles. The van der Waals surface area contributed by atoms with E-state index in [4.69, 9.17) is 10.5 Å². The molecule has 1 aromatic heterocycles. The van der Waals surface area contributed by atoms with Crippen LogP contribution in [0.25, 0.3) is 0 Å². The van der Waals surface area contributed by atoms with Crippen molar-refractivity contribution in [3.05, 3.63) is 47.7 Å². The van der Waals surface area contributed by atoms with Crippen molar-refractivity contribution in [2.45, 2.75) is 13.1 Å². The number of aryl methyl sites for hydroxylation is 1. The van der Waals surface area contributed by atoms with Crippen molar-refractivity contribution in [1.82, 2.24) is 4.98 Å². The van der Waals surface area contributed by atoms with Crippen LogP contribution in [0.15, 0.2) is 36.5 Å². The molecule has 3 nitrogen and oxygen atoms in total.